The molecule has 21 heavy (non-hydrogen) atoms. The van der Waals surface area contributed by atoms with Crippen molar-refractivity contribution in [1.29, 1.82) is 0 Å². The summed E-state index contributed by atoms with van der Waals surface area (Å²) in [7, 11) is 1.82. The van der Waals surface area contributed by atoms with Crippen LogP contribution in [0, 0.1) is 5.82 Å². The molecule has 112 valence electrons. The Labute approximate surface area is 124 Å². The summed E-state index contributed by atoms with van der Waals surface area (Å²) in [5.41, 5.74) is 3.03. The monoisotopic (exact) mass is 289 g/mol. The minimum atomic E-state index is -0.290. The van der Waals surface area contributed by atoms with E-state index in [0.29, 0.717) is 23.1 Å². The number of anilines is 3. The minimum absolute atomic E-state index is 0.218. The summed E-state index contributed by atoms with van der Waals surface area (Å²) in [5, 5.41) is 0. The molecule has 6 heteroatoms. The van der Waals surface area contributed by atoms with Crippen LogP contribution in [0.1, 0.15) is 26.6 Å². The summed E-state index contributed by atoms with van der Waals surface area (Å²) in [6, 6.07) is 8.06. The van der Waals surface area contributed by atoms with Gasteiger partial charge in [0.25, 0.3) is 0 Å². The van der Waals surface area contributed by atoms with Crippen molar-refractivity contribution in [2.45, 2.75) is 26.2 Å². The molecule has 0 radical (unpaired) electrons. The van der Waals surface area contributed by atoms with Gasteiger partial charge in [-0.25, -0.2) is 20.2 Å². The number of halogens is 1. The first-order valence-electron chi connectivity index (χ1n) is 6.67. The van der Waals surface area contributed by atoms with Crippen LogP contribution in [0.2, 0.25) is 0 Å². The third kappa shape index (κ3) is 3.46. The van der Waals surface area contributed by atoms with Crippen LogP contribution in [0.3, 0.4) is 0 Å². The Hall–Kier alpha value is -2.21. The molecular weight excluding hydrogens is 269 g/mol. The van der Waals surface area contributed by atoms with Crippen LogP contribution in [-0.2, 0) is 5.41 Å². The number of hydrogen-bond donors (Lipinski definition) is 2. The van der Waals surface area contributed by atoms with Gasteiger partial charge in [0.1, 0.15) is 23.3 Å². The molecule has 0 spiro atoms. The Bertz CT molecular complexity index is 636. The molecule has 0 bridgehead atoms. The Kier molecular flexibility index (Phi) is 4.09. The maximum absolute atomic E-state index is 13.4. The van der Waals surface area contributed by atoms with Crippen LogP contribution in [-0.4, -0.2) is 17.0 Å². The smallest absolute Gasteiger partial charge is 0.145 e. The van der Waals surface area contributed by atoms with Gasteiger partial charge in [-0.2, -0.15) is 0 Å². The second-order valence-electron chi connectivity index (χ2n) is 5.87. The fraction of sp³-hybridized carbons (Fsp3) is 0.333. The first kappa shape index (κ1) is 15.2. The number of hydrazine groups is 1. The first-order chi connectivity index (χ1) is 9.81. The lowest BCUT2D eigenvalue weighted by atomic mass is 9.96. The first-order valence-corrected chi connectivity index (χ1v) is 6.67. The molecule has 5 nitrogen and oxygen atoms in total. The van der Waals surface area contributed by atoms with Gasteiger partial charge in [-0.3, -0.25) is 0 Å². The number of nitrogens with zero attached hydrogens (tertiary/aromatic N) is 3. The quantitative estimate of drug-likeness (QED) is 0.671. The predicted molar refractivity (Wildman–Crippen MR) is 83.0 cm³/mol. The average Bonchev–Trinajstić information content (AvgIpc) is 2.45. The van der Waals surface area contributed by atoms with E-state index in [0.717, 1.165) is 0 Å². The van der Waals surface area contributed by atoms with Gasteiger partial charge in [0.15, 0.2) is 0 Å². The second-order valence-corrected chi connectivity index (χ2v) is 5.87. The second kappa shape index (κ2) is 5.65. The van der Waals surface area contributed by atoms with Crippen LogP contribution >= 0.6 is 0 Å². The van der Waals surface area contributed by atoms with Gasteiger partial charge in [0.2, 0.25) is 0 Å². The van der Waals surface area contributed by atoms with Gasteiger partial charge in [0, 0.05) is 24.2 Å². The molecule has 0 atom stereocenters. The standard InChI is InChI=1S/C15H20FN5/c1-15(2,3)14-18-12(20-17)9-13(19-14)21(4)11-7-5-6-10(16)8-11/h5-9H,17H2,1-4H3,(H,18,19,20). The van der Waals surface area contributed by atoms with E-state index in [1.54, 1.807) is 17.0 Å². The van der Waals surface area contributed by atoms with Crippen molar-refractivity contribution in [1.82, 2.24) is 9.97 Å². The van der Waals surface area contributed by atoms with Crippen molar-refractivity contribution >= 4 is 17.3 Å². The predicted octanol–water partition coefficient (Wildman–Crippen LogP) is 2.97. The Balaban J connectivity index is 2.47. The zero-order valence-electron chi connectivity index (χ0n) is 12.7. The molecule has 0 aliphatic carbocycles. The summed E-state index contributed by atoms with van der Waals surface area (Å²) < 4.78 is 13.4. The molecule has 1 heterocycles. The largest absolute Gasteiger partial charge is 0.329 e. The molecule has 0 aliphatic rings. The number of rotatable bonds is 3. The van der Waals surface area contributed by atoms with E-state index in [1.165, 1.54) is 12.1 Å². The van der Waals surface area contributed by atoms with Crippen molar-refractivity contribution in [3.05, 3.63) is 42.0 Å². The molecule has 2 rings (SSSR count). The lowest BCUT2D eigenvalue weighted by molar-refractivity contribution is 0.546. The van der Waals surface area contributed by atoms with Gasteiger partial charge in [-0.05, 0) is 18.2 Å². The molecule has 0 unspecified atom stereocenters. The molecule has 0 saturated heterocycles. The molecule has 1 aromatic carbocycles. The molecule has 1 aromatic heterocycles. The van der Waals surface area contributed by atoms with Gasteiger partial charge in [-0.15, -0.1) is 0 Å². The van der Waals surface area contributed by atoms with Crippen LogP contribution in [0.25, 0.3) is 0 Å². The van der Waals surface area contributed by atoms with Gasteiger partial charge in [0.05, 0.1) is 0 Å². The van der Waals surface area contributed by atoms with Crippen LogP contribution in [0.5, 0.6) is 0 Å². The van der Waals surface area contributed by atoms with E-state index in [9.17, 15) is 4.39 Å². The average molecular weight is 289 g/mol. The summed E-state index contributed by atoms with van der Waals surface area (Å²) in [6.45, 7) is 6.07. The molecule has 0 saturated carbocycles. The number of nitrogens with two attached hydrogens (primary N) is 1. The van der Waals surface area contributed by atoms with E-state index in [4.69, 9.17) is 5.84 Å². The molecule has 0 amide bonds. The Morgan fingerprint density at radius 1 is 1.19 bits per heavy atom. The maximum Gasteiger partial charge on any atom is 0.145 e. The van der Waals surface area contributed by atoms with E-state index in [2.05, 4.69) is 15.4 Å². The normalized spacial score (nSPS) is 11.3. The van der Waals surface area contributed by atoms with Crippen molar-refractivity contribution in [3.63, 3.8) is 0 Å². The Morgan fingerprint density at radius 3 is 2.48 bits per heavy atom. The number of hydrogen-bond acceptors (Lipinski definition) is 5. The lowest BCUT2D eigenvalue weighted by Crippen LogP contribution is -2.21. The molecule has 0 aliphatic heterocycles. The van der Waals surface area contributed by atoms with Crippen molar-refractivity contribution in [2.75, 3.05) is 17.4 Å². The number of nitrogens with one attached hydrogen (secondary N) is 1. The number of aromatic nitrogens is 2. The highest BCUT2D eigenvalue weighted by Crippen LogP contribution is 2.27. The van der Waals surface area contributed by atoms with Crippen LogP contribution in [0.15, 0.2) is 30.3 Å². The SMILES string of the molecule is CN(c1cccc(F)c1)c1cc(NN)nc(C(C)(C)C)n1. The topological polar surface area (TPSA) is 67.1 Å². The highest BCUT2D eigenvalue weighted by atomic mass is 19.1. The summed E-state index contributed by atoms with van der Waals surface area (Å²) >= 11 is 0. The maximum atomic E-state index is 13.4. The number of benzene rings is 1. The highest BCUT2D eigenvalue weighted by Gasteiger charge is 2.20. The molecule has 2 aromatic rings. The summed E-state index contributed by atoms with van der Waals surface area (Å²) in [6.07, 6.45) is 0. The van der Waals surface area contributed by atoms with Gasteiger partial charge >= 0.3 is 0 Å². The fourth-order valence-electron chi connectivity index (χ4n) is 1.83. The number of nitrogen functional groups attached to an aromatic ring is 1. The van der Waals surface area contributed by atoms with Crippen LogP contribution in [0.4, 0.5) is 21.7 Å². The molecular formula is C15H20FN5. The van der Waals surface area contributed by atoms with Gasteiger partial charge < -0.3 is 10.3 Å². The van der Waals surface area contributed by atoms with Crippen molar-refractivity contribution < 1.29 is 4.39 Å². The van der Waals surface area contributed by atoms with E-state index >= 15 is 0 Å². The molecule has 0 fully saturated rings. The third-order valence-corrected chi connectivity index (χ3v) is 3.07. The van der Waals surface area contributed by atoms with E-state index < -0.39 is 0 Å². The van der Waals surface area contributed by atoms with E-state index in [-0.39, 0.29) is 11.2 Å². The summed E-state index contributed by atoms with van der Waals surface area (Å²) in [5.74, 6) is 7.02. The van der Waals surface area contributed by atoms with Crippen molar-refractivity contribution in [2.24, 2.45) is 5.84 Å². The lowest BCUT2D eigenvalue weighted by Gasteiger charge is -2.23. The van der Waals surface area contributed by atoms with Gasteiger partial charge in [-0.1, -0.05) is 26.8 Å². The van der Waals surface area contributed by atoms with Crippen molar-refractivity contribution in [3.8, 4) is 0 Å². The minimum Gasteiger partial charge on any atom is -0.329 e. The zero-order valence-corrected chi connectivity index (χ0v) is 12.7. The zero-order chi connectivity index (χ0) is 15.6. The Morgan fingerprint density at radius 2 is 1.90 bits per heavy atom. The highest BCUT2D eigenvalue weighted by molar-refractivity contribution is 5.61. The van der Waals surface area contributed by atoms with Crippen LogP contribution < -0.4 is 16.2 Å². The third-order valence-electron chi connectivity index (χ3n) is 3.07. The molecule has 3 N–H and O–H groups in total. The summed E-state index contributed by atoms with van der Waals surface area (Å²) in [4.78, 5) is 10.7. The fourth-order valence-corrected chi connectivity index (χ4v) is 1.83. The van der Waals surface area contributed by atoms with E-state index in [1.807, 2.05) is 33.9 Å².